The lowest BCUT2D eigenvalue weighted by atomic mass is 10.9. The molecule has 0 rings (SSSR count). The number of hydrogen-bond donors (Lipinski definition) is 2. The van der Waals surface area contributed by atoms with Crippen LogP contribution >= 0.6 is 24.8 Å². The molecule has 0 radical (unpaired) electrons. The standard InChI is InChI=1S/C3H6N2S2/c1-2-4-5-3(6)7/h2H,1H3,(H2,5,6,7). The lowest BCUT2D eigenvalue weighted by molar-refractivity contribution is 1.07. The Morgan fingerprint density at radius 3 is 2.71 bits per heavy atom. The van der Waals surface area contributed by atoms with Gasteiger partial charge in [-0.1, -0.05) is 12.2 Å². The Balaban J connectivity index is 3.14. The zero-order valence-corrected chi connectivity index (χ0v) is 5.59. The van der Waals surface area contributed by atoms with E-state index in [1.165, 1.54) is 0 Å². The van der Waals surface area contributed by atoms with Crippen molar-refractivity contribution in [3.63, 3.8) is 0 Å². The van der Waals surface area contributed by atoms with Crippen LogP contribution in [0.15, 0.2) is 5.10 Å². The van der Waals surface area contributed by atoms with Crippen LogP contribution in [0.3, 0.4) is 0 Å². The largest absolute Gasteiger partial charge is 0.263 e. The second kappa shape index (κ2) is 4.08. The molecule has 0 aromatic carbocycles. The zero-order valence-electron chi connectivity index (χ0n) is 3.88. The molecule has 0 atom stereocenters. The number of nitrogens with one attached hydrogen (secondary N) is 1. The molecule has 0 aliphatic heterocycles. The molecule has 0 heterocycles. The molecular formula is C3H6N2S2. The van der Waals surface area contributed by atoms with Crippen molar-refractivity contribution in [2.75, 3.05) is 0 Å². The van der Waals surface area contributed by atoms with Gasteiger partial charge in [0.05, 0.1) is 0 Å². The Hall–Kier alpha value is -0.0900. The van der Waals surface area contributed by atoms with Gasteiger partial charge >= 0.3 is 0 Å². The Bertz CT molecular complexity index is 88.9. The number of nitrogens with zero attached hydrogens (tertiary/aromatic N) is 1. The van der Waals surface area contributed by atoms with Crippen molar-refractivity contribution >= 4 is 35.4 Å². The first-order chi connectivity index (χ1) is 3.27. The molecule has 0 amide bonds. The average molecular weight is 134 g/mol. The Morgan fingerprint density at radius 1 is 2.00 bits per heavy atom. The second-order valence-electron chi connectivity index (χ2n) is 0.804. The second-order valence-corrected chi connectivity index (χ2v) is 1.96. The minimum Gasteiger partial charge on any atom is -0.263 e. The molecular weight excluding hydrogens is 128 g/mol. The molecule has 2 nitrogen and oxygen atoms in total. The lowest BCUT2D eigenvalue weighted by Gasteiger charge is -1.87. The first kappa shape index (κ1) is 6.91. The molecule has 0 aliphatic rings. The predicted octanol–water partition coefficient (Wildman–Crippen LogP) is 0.796. The molecule has 0 spiro atoms. The lowest BCUT2D eigenvalue weighted by Crippen LogP contribution is -2.06. The predicted molar refractivity (Wildman–Crippen MR) is 38.9 cm³/mol. The van der Waals surface area contributed by atoms with Crippen molar-refractivity contribution in [3.05, 3.63) is 0 Å². The summed E-state index contributed by atoms with van der Waals surface area (Å²) in [5, 5.41) is 3.58. The summed E-state index contributed by atoms with van der Waals surface area (Å²) in [6.07, 6.45) is 1.60. The summed E-state index contributed by atoms with van der Waals surface area (Å²) < 4.78 is 0.387. The minimum atomic E-state index is 0.387. The van der Waals surface area contributed by atoms with Crippen LogP contribution < -0.4 is 5.43 Å². The van der Waals surface area contributed by atoms with Crippen LogP contribution in [0.5, 0.6) is 0 Å². The molecule has 1 N–H and O–H groups in total. The zero-order chi connectivity index (χ0) is 5.70. The first-order valence-corrected chi connectivity index (χ1v) is 2.59. The van der Waals surface area contributed by atoms with Gasteiger partial charge in [0.1, 0.15) is 0 Å². The molecule has 0 fully saturated rings. The van der Waals surface area contributed by atoms with Crippen molar-refractivity contribution in [1.29, 1.82) is 0 Å². The van der Waals surface area contributed by atoms with Gasteiger partial charge in [0.2, 0.25) is 0 Å². The highest BCUT2D eigenvalue weighted by molar-refractivity contribution is 8.11. The van der Waals surface area contributed by atoms with Gasteiger partial charge in [0.25, 0.3) is 0 Å². The third-order valence-electron chi connectivity index (χ3n) is 0.289. The maximum absolute atomic E-state index is 4.50. The third kappa shape index (κ3) is 5.91. The highest BCUT2D eigenvalue weighted by Gasteiger charge is 1.73. The summed E-state index contributed by atoms with van der Waals surface area (Å²) in [5.41, 5.74) is 2.46. The van der Waals surface area contributed by atoms with E-state index in [1.54, 1.807) is 13.1 Å². The van der Waals surface area contributed by atoms with E-state index in [1.807, 2.05) is 0 Å². The van der Waals surface area contributed by atoms with E-state index in [4.69, 9.17) is 0 Å². The molecule has 0 aromatic rings. The minimum absolute atomic E-state index is 0.387. The molecule has 0 unspecified atom stereocenters. The highest BCUT2D eigenvalue weighted by Crippen LogP contribution is 1.73. The van der Waals surface area contributed by atoms with Crippen LogP contribution in [0.2, 0.25) is 0 Å². The van der Waals surface area contributed by atoms with Crippen LogP contribution in [-0.4, -0.2) is 10.5 Å². The fourth-order valence-corrected chi connectivity index (χ4v) is 0.230. The van der Waals surface area contributed by atoms with Crippen molar-refractivity contribution in [2.24, 2.45) is 5.10 Å². The van der Waals surface area contributed by atoms with E-state index < -0.39 is 0 Å². The van der Waals surface area contributed by atoms with Crippen LogP contribution in [0.1, 0.15) is 6.92 Å². The SMILES string of the molecule is CC=NNC(=S)S. The van der Waals surface area contributed by atoms with Crippen molar-refractivity contribution < 1.29 is 0 Å². The highest BCUT2D eigenvalue weighted by atomic mass is 32.1. The van der Waals surface area contributed by atoms with Crippen LogP contribution in [0, 0.1) is 0 Å². The van der Waals surface area contributed by atoms with Gasteiger partial charge in [-0.25, -0.2) is 0 Å². The molecule has 0 bridgehead atoms. The molecule has 40 valence electrons. The van der Waals surface area contributed by atoms with Crippen molar-refractivity contribution in [2.45, 2.75) is 6.92 Å². The summed E-state index contributed by atoms with van der Waals surface area (Å²) in [6.45, 7) is 1.79. The summed E-state index contributed by atoms with van der Waals surface area (Å²) in [5.74, 6) is 0. The summed E-state index contributed by atoms with van der Waals surface area (Å²) >= 11 is 8.24. The molecule has 4 heteroatoms. The Morgan fingerprint density at radius 2 is 2.57 bits per heavy atom. The number of rotatable bonds is 1. The van der Waals surface area contributed by atoms with Gasteiger partial charge in [-0.05, 0) is 6.92 Å². The monoisotopic (exact) mass is 134 g/mol. The average Bonchev–Trinajstić information content (AvgIpc) is 1.61. The van der Waals surface area contributed by atoms with E-state index in [0.717, 1.165) is 0 Å². The fraction of sp³-hybridized carbons (Fsp3) is 0.333. The maximum atomic E-state index is 4.50. The van der Waals surface area contributed by atoms with Crippen molar-refractivity contribution in [1.82, 2.24) is 5.43 Å². The molecule has 0 saturated heterocycles. The summed E-state index contributed by atoms with van der Waals surface area (Å²) in [4.78, 5) is 0. The number of thiocarbonyl (C=S) groups is 1. The van der Waals surface area contributed by atoms with Gasteiger partial charge in [0, 0.05) is 6.21 Å². The quantitative estimate of drug-likeness (QED) is 0.240. The topological polar surface area (TPSA) is 24.4 Å². The van der Waals surface area contributed by atoms with E-state index >= 15 is 0 Å². The van der Waals surface area contributed by atoms with Gasteiger partial charge in [-0.15, -0.1) is 12.6 Å². The van der Waals surface area contributed by atoms with Gasteiger partial charge < -0.3 is 0 Å². The smallest absolute Gasteiger partial charge is 0.150 e. The molecule has 7 heavy (non-hydrogen) atoms. The van der Waals surface area contributed by atoms with Crippen LogP contribution in [-0.2, 0) is 0 Å². The maximum Gasteiger partial charge on any atom is 0.150 e. The van der Waals surface area contributed by atoms with E-state index in [9.17, 15) is 0 Å². The Labute approximate surface area is 53.4 Å². The first-order valence-electron chi connectivity index (χ1n) is 1.74. The fourth-order valence-electron chi connectivity index (χ4n) is 0.120. The summed E-state index contributed by atoms with van der Waals surface area (Å²) in [6, 6.07) is 0. The van der Waals surface area contributed by atoms with Gasteiger partial charge in [-0.3, -0.25) is 5.43 Å². The van der Waals surface area contributed by atoms with E-state index in [0.29, 0.717) is 4.32 Å². The Kier molecular flexibility index (Phi) is 4.03. The van der Waals surface area contributed by atoms with Crippen LogP contribution in [0.25, 0.3) is 0 Å². The van der Waals surface area contributed by atoms with E-state index in [-0.39, 0.29) is 0 Å². The summed E-state index contributed by atoms with van der Waals surface area (Å²) in [7, 11) is 0. The van der Waals surface area contributed by atoms with Crippen molar-refractivity contribution in [3.8, 4) is 0 Å². The van der Waals surface area contributed by atoms with Gasteiger partial charge in [0.15, 0.2) is 4.32 Å². The molecule has 0 saturated carbocycles. The number of hydrazone groups is 1. The molecule has 0 aromatic heterocycles. The number of hydrogen-bond acceptors (Lipinski definition) is 2. The third-order valence-corrected chi connectivity index (χ3v) is 0.481. The van der Waals surface area contributed by atoms with E-state index in [2.05, 4.69) is 35.4 Å². The number of thiol groups is 1. The normalized spacial score (nSPS) is 9.43. The van der Waals surface area contributed by atoms with Crippen LogP contribution in [0.4, 0.5) is 0 Å². The molecule has 0 aliphatic carbocycles. The van der Waals surface area contributed by atoms with Gasteiger partial charge in [-0.2, -0.15) is 5.10 Å².